The zero-order chi connectivity index (χ0) is 20.7. The van der Waals surface area contributed by atoms with E-state index in [4.69, 9.17) is 5.73 Å². The molecule has 0 aromatic heterocycles. The van der Waals surface area contributed by atoms with Crippen LogP contribution in [0.15, 0.2) is 42.5 Å². The molecule has 1 atom stereocenters. The molecule has 2 heterocycles. The molecule has 8 heteroatoms. The second kappa shape index (κ2) is 7.05. The number of carbonyl (C=O) groups is 4. The first kappa shape index (κ1) is 18.7. The van der Waals surface area contributed by atoms with Crippen LogP contribution in [0.25, 0.3) is 0 Å². The Labute approximate surface area is 167 Å². The highest BCUT2D eigenvalue weighted by molar-refractivity contribution is 6.23. The number of fused-ring (bicyclic) bond motifs is 1. The smallest absolute Gasteiger partial charge is 0.262 e. The number of amides is 4. The maximum Gasteiger partial charge on any atom is 0.262 e. The Morgan fingerprint density at radius 2 is 1.83 bits per heavy atom. The van der Waals surface area contributed by atoms with Crippen LogP contribution in [0.3, 0.4) is 0 Å². The van der Waals surface area contributed by atoms with Crippen molar-refractivity contribution >= 4 is 35.0 Å². The van der Waals surface area contributed by atoms with Crippen molar-refractivity contribution in [1.29, 1.82) is 0 Å². The Morgan fingerprint density at radius 1 is 1.07 bits per heavy atom. The van der Waals surface area contributed by atoms with Gasteiger partial charge in [-0.25, -0.2) is 0 Å². The zero-order valence-corrected chi connectivity index (χ0v) is 15.8. The summed E-state index contributed by atoms with van der Waals surface area (Å²) in [6.45, 7) is 0.572. The second-order valence-electron chi connectivity index (χ2n) is 7.28. The van der Waals surface area contributed by atoms with Gasteiger partial charge in [0.25, 0.3) is 11.8 Å². The SMILES string of the molecule is CN(Cc1cccc(N)c1)c1ccc2c(c1)C(=O)N(C1CCC(=O)NC1=O)C2=O. The van der Waals surface area contributed by atoms with Crippen molar-refractivity contribution in [1.82, 2.24) is 10.2 Å². The van der Waals surface area contributed by atoms with Crippen molar-refractivity contribution in [3.63, 3.8) is 0 Å². The van der Waals surface area contributed by atoms with Crippen LogP contribution in [-0.4, -0.2) is 41.6 Å². The molecule has 2 aromatic rings. The fourth-order valence-corrected chi connectivity index (χ4v) is 3.75. The van der Waals surface area contributed by atoms with E-state index in [1.165, 1.54) is 0 Å². The third-order valence-electron chi connectivity index (χ3n) is 5.23. The van der Waals surface area contributed by atoms with Gasteiger partial charge in [-0.1, -0.05) is 12.1 Å². The van der Waals surface area contributed by atoms with Crippen LogP contribution in [0.5, 0.6) is 0 Å². The van der Waals surface area contributed by atoms with Crippen molar-refractivity contribution in [3.8, 4) is 0 Å². The number of anilines is 2. The van der Waals surface area contributed by atoms with Gasteiger partial charge in [-0.15, -0.1) is 0 Å². The number of rotatable bonds is 4. The molecule has 3 N–H and O–H groups in total. The minimum absolute atomic E-state index is 0.0952. The highest BCUT2D eigenvalue weighted by Gasteiger charge is 2.44. The summed E-state index contributed by atoms with van der Waals surface area (Å²) in [5, 5.41) is 2.19. The number of hydrogen-bond acceptors (Lipinski definition) is 6. The third-order valence-corrected chi connectivity index (χ3v) is 5.23. The van der Waals surface area contributed by atoms with E-state index in [0.717, 1.165) is 16.2 Å². The molecule has 4 rings (SSSR count). The van der Waals surface area contributed by atoms with E-state index in [1.807, 2.05) is 36.2 Å². The number of carbonyl (C=O) groups excluding carboxylic acids is 4. The lowest BCUT2D eigenvalue weighted by Crippen LogP contribution is -2.54. The van der Waals surface area contributed by atoms with Gasteiger partial charge in [-0.2, -0.15) is 0 Å². The molecule has 0 saturated carbocycles. The quantitative estimate of drug-likeness (QED) is 0.599. The fraction of sp³-hybridized carbons (Fsp3) is 0.238. The summed E-state index contributed by atoms with van der Waals surface area (Å²) in [6.07, 6.45) is 0.232. The first-order chi connectivity index (χ1) is 13.8. The largest absolute Gasteiger partial charge is 0.399 e. The average Bonchev–Trinajstić information content (AvgIpc) is 2.92. The number of benzene rings is 2. The zero-order valence-electron chi connectivity index (χ0n) is 15.8. The Kier molecular flexibility index (Phi) is 4.54. The average molecular weight is 392 g/mol. The van der Waals surface area contributed by atoms with Crippen molar-refractivity contribution in [3.05, 3.63) is 59.2 Å². The molecule has 148 valence electrons. The van der Waals surface area contributed by atoms with Gasteiger partial charge >= 0.3 is 0 Å². The van der Waals surface area contributed by atoms with Crippen molar-refractivity contribution in [2.45, 2.75) is 25.4 Å². The van der Waals surface area contributed by atoms with Crippen molar-refractivity contribution in [2.24, 2.45) is 0 Å². The lowest BCUT2D eigenvalue weighted by Gasteiger charge is -2.27. The van der Waals surface area contributed by atoms with Gasteiger partial charge in [0.2, 0.25) is 11.8 Å². The predicted octanol–water partition coefficient (Wildman–Crippen LogP) is 1.31. The molecule has 0 spiro atoms. The van der Waals surface area contributed by atoms with E-state index in [9.17, 15) is 19.2 Å². The first-order valence-corrected chi connectivity index (χ1v) is 9.26. The van der Waals surface area contributed by atoms with E-state index in [2.05, 4.69) is 5.32 Å². The lowest BCUT2D eigenvalue weighted by atomic mass is 10.0. The fourth-order valence-electron chi connectivity index (χ4n) is 3.75. The van der Waals surface area contributed by atoms with Crippen LogP contribution in [0, 0.1) is 0 Å². The number of nitrogen functional groups attached to an aromatic ring is 1. The number of hydrogen-bond donors (Lipinski definition) is 2. The maximum absolute atomic E-state index is 12.9. The van der Waals surface area contributed by atoms with E-state index < -0.39 is 29.7 Å². The van der Waals surface area contributed by atoms with Gasteiger partial charge < -0.3 is 10.6 Å². The summed E-state index contributed by atoms with van der Waals surface area (Å²) in [5.41, 5.74) is 8.80. The molecule has 1 saturated heterocycles. The molecule has 0 aliphatic carbocycles. The number of nitrogens with zero attached hydrogens (tertiary/aromatic N) is 2. The van der Waals surface area contributed by atoms with Crippen LogP contribution in [0.1, 0.15) is 39.1 Å². The molecule has 0 bridgehead atoms. The summed E-state index contributed by atoms with van der Waals surface area (Å²) < 4.78 is 0. The van der Waals surface area contributed by atoms with Crippen molar-refractivity contribution in [2.75, 3.05) is 17.7 Å². The van der Waals surface area contributed by atoms with Crippen LogP contribution < -0.4 is 16.0 Å². The normalized spacial score (nSPS) is 18.7. The van der Waals surface area contributed by atoms with Gasteiger partial charge in [0, 0.05) is 31.4 Å². The number of nitrogens with two attached hydrogens (primary N) is 1. The van der Waals surface area contributed by atoms with Gasteiger partial charge in [0.15, 0.2) is 0 Å². The summed E-state index contributed by atoms with van der Waals surface area (Å²) in [4.78, 5) is 52.1. The lowest BCUT2D eigenvalue weighted by molar-refractivity contribution is -0.136. The molecular weight excluding hydrogens is 372 g/mol. The molecule has 2 aliphatic rings. The van der Waals surface area contributed by atoms with E-state index >= 15 is 0 Å². The highest BCUT2D eigenvalue weighted by Crippen LogP contribution is 2.30. The summed E-state index contributed by atoms with van der Waals surface area (Å²) in [6, 6.07) is 11.6. The summed E-state index contributed by atoms with van der Waals surface area (Å²) in [5.74, 6) is -2.04. The van der Waals surface area contributed by atoms with Crippen molar-refractivity contribution < 1.29 is 19.2 Å². The topological polar surface area (TPSA) is 113 Å². The molecule has 1 unspecified atom stereocenters. The molecule has 4 amide bonds. The van der Waals surface area contributed by atoms with Crippen LogP contribution in [-0.2, 0) is 16.1 Å². The minimum Gasteiger partial charge on any atom is -0.399 e. The molecule has 1 fully saturated rings. The van der Waals surface area contributed by atoms with Gasteiger partial charge in [0.1, 0.15) is 6.04 Å². The Balaban J connectivity index is 1.58. The van der Waals surface area contributed by atoms with Crippen LogP contribution in [0.4, 0.5) is 11.4 Å². The molecular formula is C21H20N4O4. The molecule has 8 nitrogen and oxygen atoms in total. The van der Waals surface area contributed by atoms with E-state index in [0.29, 0.717) is 12.2 Å². The monoisotopic (exact) mass is 392 g/mol. The molecule has 29 heavy (non-hydrogen) atoms. The van der Waals surface area contributed by atoms with Crippen LogP contribution >= 0.6 is 0 Å². The Bertz CT molecular complexity index is 1050. The minimum atomic E-state index is -0.964. The third kappa shape index (κ3) is 3.33. The molecule has 2 aromatic carbocycles. The second-order valence-corrected chi connectivity index (χ2v) is 7.28. The Hall–Kier alpha value is -3.68. The Morgan fingerprint density at radius 3 is 2.55 bits per heavy atom. The van der Waals surface area contributed by atoms with Gasteiger partial charge in [-0.3, -0.25) is 29.4 Å². The molecule has 2 aliphatic heterocycles. The number of piperidine rings is 1. The van der Waals surface area contributed by atoms with E-state index in [-0.39, 0.29) is 24.0 Å². The predicted molar refractivity (Wildman–Crippen MR) is 106 cm³/mol. The molecule has 0 radical (unpaired) electrons. The van der Waals surface area contributed by atoms with E-state index in [1.54, 1.807) is 18.2 Å². The maximum atomic E-state index is 12.9. The summed E-state index contributed by atoms with van der Waals surface area (Å²) in [7, 11) is 1.88. The standard InChI is InChI=1S/C21H20N4O4/c1-24(11-12-3-2-4-13(22)9-12)14-5-6-15-16(10-14)21(29)25(20(15)28)17-7-8-18(26)23-19(17)27/h2-6,9-10,17H,7-8,11,22H2,1H3,(H,23,26,27). The van der Waals surface area contributed by atoms with Gasteiger partial charge in [0.05, 0.1) is 11.1 Å². The highest BCUT2D eigenvalue weighted by atomic mass is 16.2. The number of nitrogens with one attached hydrogen (secondary N) is 1. The number of imide groups is 2. The first-order valence-electron chi connectivity index (χ1n) is 9.26. The van der Waals surface area contributed by atoms with Crippen LogP contribution in [0.2, 0.25) is 0 Å². The summed E-state index contributed by atoms with van der Waals surface area (Å²) >= 11 is 0. The van der Waals surface area contributed by atoms with Gasteiger partial charge in [-0.05, 0) is 42.3 Å².